The van der Waals surface area contributed by atoms with Crippen molar-refractivity contribution in [2.24, 2.45) is 5.73 Å². The molecule has 20 heavy (non-hydrogen) atoms. The zero-order chi connectivity index (χ0) is 14.4. The van der Waals surface area contributed by atoms with Gasteiger partial charge in [-0.1, -0.05) is 18.2 Å². The van der Waals surface area contributed by atoms with Crippen molar-refractivity contribution in [1.82, 2.24) is 4.90 Å². The van der Waals surface area contributed by atoms with E-state index in [-0.39, 0.29) is 6.03 Å². The average molecular weight is 277 g/mol. The molecular formula is C15H23N3O2. The molecule has 0 bridgehead atoms. The van der Waals surface area contributed by atoms with Gasteiger partial charge in [0.2, 0.25) is 0 Å². The topological polar surface area (TPSA) is 67.6 Å². The zero-order valence-electron chi connectivity index (χ0n) is 12.0. The number of primary amides is 1. The zero-order valence-corrected chi connectivity index (χ0v) is 12.0. The van der Waals surface area contributed by atoms with Crippen LogP contribution >= 0.6 is 0 Å². The predicted octanol–water partition coefficient (Wildman–Crippen LogP) is 2.18. The molecule has 3 N–H and O–H groups in total. The van der Waals surface area contributed by atoms with Gasteiger partial charge in [-0.05, 0) is 25.8 Å². The summed E-state index contributed by atoms with van der Waals surface area (Å²) < 4.78 is 5.49. The summed E-state index contributed by atoms with van der Waals surface area (Å²) in [5.74, 6) is 0. The van der Waals surface area contributed by atoms with Crippen molar-refractivity contribution in [3.8, 4) is 0 Å². The minimum absolute atomic E-state index is 0.319. The van der Waals surface area contributed by atoms with Crippen LogP contribution in [0, 0.1) is 0 Å². The number of carbonyl (C=O) groups is 1. The molecule has 2 rings (SSSR count). The summed E-state index contributed by atoms with van der Waals surface area (Å²) in [4.78, 5) is 12.8. The maximum atomic E-state index is 11.1. The molecule has 0 spiro atoms. The summed E-state index contributed by atoms with van der Waals surface area (Å²) in [5, 5.41) is 3.56. The van der Waals surface area contributed by atoms with Crippen molar-refractivity contribution in [2.45, 2.75) is 32.4 Å². The minimum atomic E-state index is -0.319. The van der Waals surface area contributed by atoms with Crippen molar-refractivity contribution in [3.63, 3.8) is 0 Å². The van der Waals surface area contributed by atoms with E-state index in [9.17, 15) is 4.79 Å². The largest absolute Gasteiger partial charge is 0.382 e. The lowest BCUT2D eigenvalue weighted by Gasteiger charge is -2.32. The molecule has 1 fully saturated rings. The number of ether oxygens (including phenoxy) is 1. The number of anilines is 1. The molecule has 0 unspecified atom stereocenters. The van der Waals surface area contributed by atoms with Crippen LogP contribution in [0.25, 0.3) is 0 Å². The van der Waals surface area contributed by atoms with Gasteiger partial charge in [-0.3, -0.25) is 0 Å². The standard InChI is InChI=1S/C15H23N3O2/c1-2-20-11-12-5-3-4-6-14(12)17-13-7-9-18(10-8-13)15(16)19/h3-6,13,17H,2,7-11H2,1H3,(H2,16,19). The van der Waals surface area contributed by atoms with Crippen LogP contribution in [0.15, 0.2) is 24.3 Å². The Morgan fingerprint density at radius 1 is 1.40 bits per heavy atom. The fourth-order valence-electron chi connectivity index (χ4n) is 2.46. The van der Waals surface area contributed by atoms with Crippen LogP contribution in [0.1, 0.15) is 25.3 Å². The third-order valence-electron chi connectivity index (χ3n) is 3.65. The molecule has 1 aromatic carbocycles. The lowest BCUT2D eigenvalue weighted by atomic mass is 10.0. The van der Waals surface area contributed by atoms with Gasteiger partial charge in [-0.25, -0.2) is 4.79 Å². The van der Waals surface area contributed by atoms with Crippen LogP contribution in [-0.2, 0) is 11.3 Å². The molecule has 0 aromatic heterocycles. The molecule has 2 amide bonds. The van der Waals surface area contributed by atoms with Crippen LogP contribution in [0.2, 0.25) is 0 Å². The Bertz CT molecular complexity index is 442. The van der Waals surface area contributed by atoms with Gasteiger partial charge in [-0.2, -0.15) is 0 Å². The number of hydrogen-bond donors (Lipinski definition) is 2. The third kappa shape index (κ3) is 3.87. The van der Waals surface area contributed by atoms with Crippen molar-refractivity contribution in [1.29, 1.82) is 0 Å². The number of urea groups is 1. The second-order valence-corrected chi connectivity index (χ2v) is 5.04. The van der Waals surface area contributed by atoms with Crippen molar-refractivity contribution in [3.05, 3.63) is 29.8 Å². The molecule has 110 valence electrons. The summed E-state index contributed by atoms with van der Waals surface area (Å²) in [6.45, 7) is 4.78. The lowest BCUT2D eigenvalue weighted by molar-refractivity contribution is 0.134. The van der Waals surface area contributed by atoms with Crippen molar-refractivity contribution >= 4 is 11.7 Å². The van der Waals surface area contributed by atoms with Crippen molar-refractivity contribution in [2.75, 3.05) is 25.0 Å². The maximum absolute atomic E-state index is 11.1. The molecule has 1 aliphatic heterocycles. The summed E-state index contributed by atoms with van der Waals surface area (Å²) in [5.41, 5.74) is 7.59. The number of nitrogens with one attached hydrogen (secondary N) is 1. The van der Waals surface area contributed by atoms with Crippen LogP contribution in [0.3, 0.4) is 0 Å². The monoisotopic (exact) mass is 277 g/mol. The van der Waals surface area contributed by atoms with Gasteiger partial charge in [0.1, 0.15) is 0 Å². The second kappa shape index (κ2) is 7.14. The first-order valence-corrected chi connectivity index (χ1v) is 7.17. The van der Waals surface area contributed by atoms with Crippen LogP contribution in [-0.4, -0.2) is 36.7 Å². The quantitative estimate of drug-likeness (QED) is 0.867. The summed E-state index contributed by atoms with van der Waals surface area (Å²) in [6, 6.07) is 8.27. The highest BCUT2D eigenvalue weighted by atomic mass is 16.5. The molecule has 5 nitrogen and oxygen atoms in total. The van der Waals surface area contributed by atoms with Gasteiger partial charge in [0.05, 0.1) is 6.61 Å². The Balaban J connectivity index is 1.92. The second-order valence-electron chi connectivity index (χ2n) is 5.04. The molecule has 1 heterocycles. The fourth-order valence-corrected chi connectivity index (χ4v) is 2.46. The highest BCUT2D eigenvalue weighted by Crippen LogP contribution is 2.21. The van der Waals surface area contributed by atoms with E-state index in [1.807, 2.05) is 19.1 Å². The summed E-state index contributed by atoms with van der Waals surface area (Å²) in [6.07, 6.45) is 1.85. The van der Waals surface area contributed by atoms with E-state index in [0.717, 1.165) is 31.6 Å². The van der Waals surface area contributed by atoms with Crippen LogP contribution in [0.5, 0.6) is 0 Å². The number of nitrogens with zero attached hydrogens (tertiary/aromatic N) is 1. The van der Waals surface area contributed by atoms with E-state index in [1.54, 1.807) is 4.90 Å². The number of amides is 2. The van der Waals surface area contributed by atoms with E-state index in [0.29, 0.717) is 19.3 Å². The minimum Gasteiger partial charge on any atom is -0.382 e. The molecular weight excluding hydrogens is 254 g/mol. The van der Waals surface area contributed by atoms with Crippen molar-refractivity contribution < 1.29 is 9.53 Å². The maximum Gasteiger partial charge on any atom is 0.314 e. The number of hydrogen-bond acceptors (Lipinski definition) is 3. The van der Waals surface area contributed by atoms with E-state index >= 15 is 0 Å². The molecule has 5 heteroatoms. The Morgan fingerprint density at radius 3 is 2.75 bits per heavy atom. The van der Waals surface area contributed by atoms with E-state index < -0.39 is 0 Å². The SMILES string of the molecule is CCOCc1ccccc1NC1CCN(C(N)=O)CC1. The fraction of sp³-hybridized carbons (Fsp3) is 0.533. The van der Waals surface area contributed by atoms with Gasteiger partial charge in [0.25, 0.3) is 0 Å². The number of rotatable bonds is 5. The van der Waals surface area contributed by atoms with Gasteiger partial charge >= 0.3 is 6.03 Å². The van der Waals surface area contributed by atoms with Gasteiger partial charge < -0.3 is 20.7 Å². The molecule has 1 aromatic rings. The Kier molecular flexibility index (Phi) is 5.24. The van der Waals surface area contributed by atoms with Gasteiger partial charge in [0, 0.05) is 37.0 Å². The first-order valence-electron chi connectivity index (χ1n) is 7.17. The molecule has 0 saturated carbocycles. The average Bonchev–Trinajstić information content (AvgIpc) is 2.47. The Morgan fingerprint density at radius 2 is 2.10 bits per heavy atom. The number of carbonyl (C=O) groups excluding carboxylic acids is 1. The number of likely N-dealkylation sites (tertiary alicyclic amines) is 1. The number of para-hydroxylation sites is 1. The lowest BCUT2D eigenvalue weighted by Crippen LogP contribution is -2.44. The number of nitrogens with two attached hydrogens (primary N) is 1. The summed E-state index contributed by atoms with van der Waals surface area (Å²) in [7, 11) is 0. The molecule has 1 aliphatic rings. The number of benzene rings is 1. The normalized spacial score (nSPS) is 16.1. The Labute approximate surface area is 120 Å². The van der Waals surface area contributed by atoms with E-state index in [4.69, 9.17) is 10.5 Å². The first-order chi connectivity index (χ1) is 9.70. The van der Waals surface area contributed by atoms with E-state index in [1.165, 1.54) is 5.56 Å². The molecule has 0 aliphatic carbocycles. The third-order valence-corrected chi connectivity index (χ3v) is 3.65. The van der Waals surface area contributed by atoms with Gasteiger partial charge in [0.15, 0.2) is 0 Å². The summed E-state index contributed by atoms with van der Waals surface area (Å²) >= 11 is 0. The predicted molar refractivity (Wildman–Crippen MR) is 79.6 cm³/mol. The molecule has 0 radical (unpaired) electrons. The van der Waals surface area contributed by atoms with Crippen LogP contribution < -0.4 is 11.1 Å². The number of piperidine rings is 1. The smallest absolute Gasteiger partial charge is 0.314 e. The molecule has 0 atom stereocenters. The Hall–Kier alpha value is -1.75. The van der Waals surface area contributed by atoms with Gasteiger partial charge in [-0.15, -0.1) is 0 Å². The van der Waals surface area contributed by atoms with E-state index in [2.05, 4.69) is 17.4 Å². The first kappa shape index (κ1) is 14.7. The highest BCUT2D eigenvalue weighted by Gasteiger charge is 2.21. The molecule has 1 saturated heterocycles. The highest BCUT2D eigenvalue weighted by molar-refractivity contribution is 5.72. The van der Waals surface area contributed by atoms with Crippen LogP contribution in [0.4, 0.5) is 10.5 Å².